The van der Waals surface area contributed by atoms with Gasteiger partial charge in [0.25, 0.3) is 0 Å². The molecular weight excluding hydrogens is 432 g/mol. The lowest BCUT2D eigenvalue weighted by Crippen LogP contribution is -2.45. The number of ether oxygens (including phenoxy) is 1. The number of rotatable bonds is 4. The van der Waals surface area contributed by atoms with E-state index in [1.165, 1.54) is 0 Å². The molecule has 2 amide bonds. The van der Waals surface area contributed by atoms with Crippen LogP contribution in [0.15, 0.2) is 32.3 Å². The molecule has 0 saturated carbocycles. The minimum Gasteiger partial charge on any atom is -0.506 e. The summed E-state index contributed by atoms with van der Waals surface area (Å²) in [7, 11) is 0. The van der Waals surface area contributed by atoms with Crippen LogP contribution in [-0.4, -0.2) is 23.7 Å². The van der Waals surface area contributed by atoms with Gasteiger partial charge in [0.05, 0.1) is 22.7 Å². The highest BCUT2D eigenvalue weighted by atomic mass is 79.9. The van der Waals surface area contributed by atoms with Crippen LogP contribution < -0.4 is 10.6 Å². The maximum absolute atomic E-state index is 12.4. The van der Waals surface area contributed by atoms with E-state index in [4.69, 9.17) is 4.74 Å². The van der Waals surface area contributed by atoms with Crippen LogP contribution in [0, 0.1) is 0 Å². The molecule has 0 spiro atoms. The van der Waals surface area contributed by atoms with E-state index in [2.05, 4.69) is 42.5 Å². The van der Waals surface area contributed by atoms with Crippen LogP contribution in [0.5, 0.6) is 5.75 Å². The topological polar surface area (TPSA) is 87.7 Å². The lowest BCUT2D eigenvalue weighted by atomic mass is 9.94. The van der Waals surface area contributed by atoms with Crippen molar-refractivity contribution in [2.75, 3.05) is 6.61 Å². The molecule has 1 unspecified atom stereocenters. The van der Waals surface area contributed by atoms with E-state index in [1.54, 1.807) is 19.1 Å². The molecule has 0 radical (unpaired) electrons. The Kier molecular flexibility index (Phi) is 5.69. The molecule has 0 saturated heterocycles. The van der Waals surface area contributed by atoms with Crippen molar-refractivity contribution in [1.29, 1.82) is 0 Å². The van der Waals surface area contributed by atoms with Gasteiger partial charge in [0, 0.05) is 15.7 Å². The maximum Gasteiger partial charge on any atom is 0.338 e. The molecule has 1 aliphatic heterocycles. The monoisotopic (exact) mass is 446 g/mol. The molecule has 1 aliphatic rings. The fraction of sp³-hybridized carbons (Fsp3) is 0.333. The number of nitrogens with one attached hydrogen (secondary N) is 2. The largest absolute Gasteiger partial charge is 0.506 e. The number of allylic oxidation sites excluding steroid dienone is 1. The Hall–Kier alpha value is -1.54. The SMILES string of the molecule is CCOC(=O)C1=C(CC)NC(=O)NC1c1cc(Br)cc(Br)c1O. The first-order valence-corrected chi connectivity index (χ1v) is 8.63. The minimum atomic E-state index is -0.799. The first-order valence-electron chi connectivity index (χ1n) is 7.04. The normalized spacial score (nSPS) is 17.6. The molecule has 23 heavy (non-hydrogen) atoms. The first kappa shape index (κ1) is 17.8. The lowest BCUT2D eigenvalue weighted by molar-refractivity contribution is -0.139. The zero-order valence-electron chi connectivity index (χ0n) is 12.6. The number of halogens is 2. The summed E-state index contributed by atoms with van der Waals surface area (Å²) >= 11 is 6.61. The van der Waals surface area contributed by atoms with Gasteiger partial charge in [-0.3, -0.25) is 0 Å². The zero-order valence-corrected chi connectivity index (χ0v) is 15.7. The van der Waals surface area contributed by atoms with Crippen molar-refractivity contribution in [3.8, 4) is 5.75 Å². The first-order chi connectivity index (χ1) is 10.9. The highest BCUT2D eigenvalue weighted by Crippen LogP contribution is 2.39. The molecular formula is C15H16Br2N2O4. The number of urea groups is 1. The summed E-state index contributed by atoms with van der Waals surface area (Å²) in [6, 6.07) is 2.10. The van der Waals surface area contributed by atoms with Gasteiger partial charge in [-0.15, -0.1) is 0 Å². The predicted octanol–water partition coefficient (Wildman–Crippen LogP) is 3.50. The average molecular weight is 448 g/mol. The Morgan fingerprint density at radius 2 is 2.04 bits per heavy atom. The third-order valence-corrected chi connectivity index (χ3v) is 4.43. The minimum absolute atomic E-state index is 0.0438. The highest BCUT2D eigenvalue weighted by Gasteiger charge is 2.35. The molecule has 3 N–H and O–H groups in total. The van der Waals surface area contributed by atoms with Crippen molar-refractivity contribution in [2.24, 2.45) is 0 Å². The summed E-state index contributed by atoms with van der Waals surface area (Å²) in [6.07, 6.45) is 0.452. The molecule has 0 aliphatic carbocycles. The quantitative estimate of drug-likeness (QED) is 0.616. The van der Waals surface area contributed by atoms with Crippen molar-refractivity contribution in [2.45, 2.75) is 26.3 Å². The predicted molar refractivity (Wildman–Crippen MR) is 91.9 cm³/mol. The van der Waals surface area contributed by atoms with E-state index in [9.17, 15) is 14.7 Å². The van der Waals surface area contributed by atoms with Gasteiger partial charge in [0.15, 0.2) is 0 Å². The fourth-order valence-electron chi connectivity index (χ4n) is 2.39. The zero-order chi connectivity index (χ0) is 17.1. The molecule has 1 aromatic carbocycles. The number of phenols is 1. The Morgan fingerprint density at radius 3 is 2.65 bits per heavy atom. The van der Waals surface area contributed by atoms with E-state index in [0.717, 1.165) is 0 Å². The summed E-state index contributed by atoms with van der Waals surface area (Å²) in [6.45, 7) is 3.75. The van der Waals surface area contributed by atoms with Crippen LogP contribution in [0.4, 0.5) is 4.79 Å². The average Bonchev–Trinajstić information content (AvgIpc) is 2.50. The second-order valence-electron chi connectivity index (χ2n) is 4.82. The van der Waals surface area contributed by atoms with E-state index in [0.29, 0.717) is 26.6 Å². The number of aromatic hydroxyl groups is 1. The fourth-order valence-corrected chi connectivity index (χ4v) is 3.64. The van der Waals surface area contributed by atoms with E-state index < -0.39 is 18.0 Å². The standard InChI is InChI=1S/C15H16Br2N2O4/c1-3-10-11(14(21)23-4-2)12(19-15(22)18-10)8-5-7(16)6-9(17)13(8)20/h5-6,12,20H,3-4H2,1-2H3,(H2,18,19,22). The third-order valence-electron chi connectivity index (χ3n) is 3.37. The van der Waals surface area contributed by atoms with Gasteiger partial charge in [-0.2, -0.15) is 0 Å². The van der Waals surface area contributed by atoms with Crippen molar-refractivity contribution in [1.82, 2.24) is 10.6 Å². The number of hydrogen-bond acceptors (Lipinski definition) is 4. The summed E-state index contributed by atoms with van der Waals surface area (Å²) in [4.78, 5) is 24.3. The van der Waals surface area contributed by atoms with Crippen LogP contribution in [0.2, 0.25) is 0 Å². The van der Waals surface area contributed by atoms with Crippen molar-refractivity contribution in [3.05, 3.63) is 37.9 Å². The van der Waals surface area contributed by atoms with E-state index in [1.807, 2.05) is 6.92 Å². The second kappa shape index (κ2) is 7.35. The van der Waals surface area contributed by atoms with Gasteiger partial charge in [-0.05, 0) is 41.4 Å². The summed E-state index contributed by atoms with van der Waals surface area (Å²) in [5, 5.41) is 15.6. The van der Waals surface area contributed by atoms with Gasteiger partial charge in [0.2, 0.25) is 0 Å². The molecule has 124 valence electrons. The van der Waals surface area contributed by atoms with Crippen LogP contribution in [0.1, 0.15) is 31.9 Å². The van der Waals surface area contributed by atoms with Crippen LogP contribution in [0.3, 0.4) is 0 Å². The van der Waals surface area contributed by atoms with Crippen molar-refractivity contribution in [3.63, 3.8) is 0 Å². The maximum atomic E-state index is 12.4. The Morgan fingerprint density at radius 1 is 1.35 bits per heavy atom. The molecule has 8 heteroatoms. The lowest BCUT2D eigenvalue weighted by Gasteiger charge is -2.29. The molecule has 1 heterocycles. The van der Waals surface area contributed by atoms with Crippen molar-refractivity contribution >= 4 is 43.9 Å². The number of carbonyl (C=O) groups is 2. The number of benzene rings is 1. The number of esters is 1. The molecule has 0 bridgehead atoms. The van der Waals surface area contributed by atoms with Gasteiger partial charge in [0.1, 0.15) is 5.75 Å². The van der Waals surface area contributed by atoms with Crippen molar-refractivity contribution < 1.29 is 19.4 Å². The molecule has 2 rings (SSSR count). The Balaban J connectivity index is 2.62. The molecule has 1 atom stereocenters. The van der Waals surface area contributed by atoms with E-state index >= 15 is 0 Å². The van der Waals surface area contributed by atoms with Gasteiger partial charge in [-0.25, -0.2) is 9.59 Å². The molecule has 0 aromatic heterocycles. The second-order valence-corrected chi connectivity index (χ2v) is 6.59. The van der Waals surface area contributed by atoms with Gasteiger partial charge in [-0.1, -0.05) is 22.9 Å². The van der Waals surface area contributed by atoms with Crippen LogP contribution in [0.25, 0.3) is 0 Å². The summed E-state index contributed by atoms with van der Waals surface area (Å²) in [5.41, 5.74) is 1.16. The van der Waals surface area contributed by atoms with Gasteiger partial charge < -0.3 is 20.5 Å². The summed E-state index contributed by atoms with van der Waals surface area (Å²) < 4.78 is 6.26. The molecule has 1 aromatic rings. The number of phenolic OH excluding ortho intramolecular Hbond substituents is 1. The molecule has 0 fully saturated rings. The molecule has 6 nitrogen and oxygen atoms in total. The van der Waals surface area contributed by atoms with Gasteiger partial charge >= 0.3 is 12.0 Å². The van der Waals surface area contributed by atoms with E-state index in [-0.39, 0.29) is 17.9 Å². The third kappa shape index (κ3) is 3.69. The number of carbonyl (C=O) groups excluding carboxylic acids is 2. The Bertz CT molecular complexity index is 688. The number of amides is 2. The smallest absolute Gasteiger partial charge is 0.338 e. The Labute approximate surface area is 150 Å². The van der Waals surface area contributed by atoms with Crippen LogP contribution >= 0.6 is 31.9 Å². The summed E-state index contributed by atoms with van der Waals surface area (Å²) in [5.74, 6) is -0.574. The highest BCUT2D eigenvalue weighted by molar-refractivity contribution is 9.11. The van der Waals surface area contributed by atoms with Crippen LogP contribution in [-0.2, 0) is 9.53 Å². The number of hydrogen-bond donors (Lipinski definition) is 3.